The van der Waals surface area contributed by atoms with Gasteiger partial charge in [-0.2, -0.15) is 0 Å². The molecule has 0 aliphatic heterocycles. The Balaban J connectivity index is 2.59. The molecule has 0 spiro atoms. The maximum absolute atomic E-state index is 9.38. The third-order valence-electron chi connectivity index (χ3n) is 2.23. The molecule has 1 aromatic heterocycles. The standard InChI is InChI=1S/C11H19N3O/c1-9(2)14(6-10(3)15)7-11-4-12-8-13-5-11/h4-5,8-10,15H,6-7H2,1-3H3. The van der Waals surface area contributed by atoms with Crippen LogP contribution in [0.1, 0.15) is 26.3 Å². The quantitative estimate of drug-likeness (QED) is 0.788. The summed E-state index contributed by atoms with van der Waals surface area (Å²) in [6, 6.07) is 0.403. The van der Waals surface area contributed by atoms with Crippen molar-refractivity contribution in [3.05, 3.63) is 24.3 Å². The third-order valence-corrected chi connectivity index (χ3v) is 2.23. The molecule has 1 atom stereocenters. The van der Waals surface area contributed by atoms with E-state index in [4.69, 9.17) is 0 Å². The Labute approximate surface area is 91.0 Å². The number of nitrogens with zero attached hydrogens (tertiary/aromatic N) is 3. The first-order chi connectivity index (χ1) is 7.09. The van der Waals surface area contributed by atoms with Gasteiger partial charge in [-0.05, 0) is 20.8 Å². The van der Waals surface area contributed by atoms with Crippen LogP contribution in [-0.4, -0.2) is 38.7 Å². The molecule has 0 aromatic carbocycles. The van der Waals surface area contributed by atoms with Gasteiger partial charge >= 0.3 is 0 Å². The van der Waals surface area contributed by atoms with Crippen LogP contribution >= 0.6 is 0 Å². The molecular weight excluding hydrogens is 190 g/mol. The molecule has 0 aliphatic carbocycles. The number of aliphatic hydroxyl groups is 1. The van der Waals surface area contributed by atoms with Crippen LogP contribution in [0, 0.1) is 0 Å². The molecule has 4 nitrogen and oxygen atoms in total. The van der Waals surface area contributed by atoms with Gasteiger partial charge in [-0.25, -0.2) is 9.97 Å². The van der Waals surface area contributed by atoms with Crippen LogP contribution < -0.4 is 0 Å². The highest BCUT2D eigenvalue weighted by molar-refractivity contribution is 5.02. The number of aromatic nitrogens is 2. The molecule has 84 valence electrons. The Kier molecular flexibility index (Phi) is 4.65. The zero-order valence-corrected chi connectivity index (χ0v) is 9.59. The van der Waals surface area contributed by atoms with E-state index in [2.05, 4.69) is 28.7 Å². The number of aliphatic hydroxyl groups excluding tert-OH is 1. The van der Waals surface area contributed by atoms with Crippen molar-refractivity contribution < 1.29 is 5.11 Å². The monoisotopic (exact) mass is 209 g/mol. The fraction of sp³-hybridized carbons (Fsp3) is 0.636. The second-order valence-corrected chi connectivity index (χ2v) is 4.12. The van der Waals surface area contributed by atoms with Crippen molar-refractivity contribution in [3.8, 4) is 0 Å². The van der Waals surface area contributed by atoms with Gasteiger partial charge in [-0.15, -0.1) is 0 Å². The predicted molar refractivity (Wildman–Crippen MR) is 59.3 cm³/mol. The molecule has 1 rings (SSSR count). The van der Waals surface area contributed by atoms with Crippen molar-refractivity contribution >= 4 is 0 Å². The van der Waals surface area contributed by atoms with Gasteiger partial charge in [0.05, 0.1) is 6.10 Å². The third kappa shape index (κ3) is 4.36. The van der Waals surface area contributed by atoms with Crippen LogP contribution in [0.5, 0.6) is 0 Å². The van der Waals surface area contributed by atoms with Gasteiger partial charge in [0.25, 0.3) is 0 Å². The molecule has 0 aliphatic rings. The molecule has 1 heterocycles. The van der Waals surface area contributed by atoms with E-state index in [9.17, 15) is 5.11 Å². The zero-order chi connectivity index (χ0) is 11.3. The summed E-state index contributed by atoms with van der Waals surface area (Å²) in [4.78, 5) is 10.1. The van der Waals surface area contributed by atoms with Crippen LogP contribution in [0.3, 0.4) is 0 Å². The van der Waals surface area contributed by atoms with Crippen molar-refractivity contribution in [2.75, 3.05) is 6.54 Å². The molecule has 0 amide bonds. The highest BCUT2D eigenvalue weighted by Gasteiger charge is 2.12. The fourth-order valence-electron chi connectivity index (χ4n) is 1.44. The maximum atomic E-state index is 9.38. The van der Waals surface area contributed by atoms with Gasteiger partial charge in [-0.3, -0.25) is 4.90 Å². The van der Waals surface area contributed by atoms with E-state index in [1.165, 1.54) is 6.33 Å². The molecule has 0 fully saturated rings. The van der Waals surface area contributed by atoms with Crippen LogP contribution in [-0.2, 0) is 6.54 Å². The lowest BCUT2D eigenvalue weighted by atomic mass is 10.2. The molecule has 1 aromatic rings. The average Bonchev–Trinajstić information content (AvgIpc) is 2.17. The van der Waals surface area contributed by atoms with Crippen LogP contribution in [0.25, 0.3) is 0 Å². The largest absolute Gasteiger partial charge is 0.392 e. The normalized spacial score (nSPS) is 13.5. The Morgan fingerprint density at radius 2 is 1.87 bits per heavy atom. The SMILES string of the molecule is CC(O)CN(Cc1cncnc1)C(C)C. The van der Waals surface area contributed by atoms with Crippen molar-refractivity contribution in [1.82, 2.24) is 14.9 Å². The lowest BCUT2D eigenvalue weighted by molar-refractivity contribution is 0.102. The minimum absolute atomic E-state index is 0.308. The molecule has 0 radical (unpaired) electrons. The fourth-order valence-corrected chi connectivity index (χ4v) is 1.44. The zero-order valence-electron chi connectivity index (χ0n) is 9.59. The predicted octanol–water partition coefficient (Wildman–Crippen LogP) is 1.07. The highest BCUT2D eigenvalue weighted by Crippen LogP contribution is 2.06. The van der Waals surface area contributed by atoms with E-state index < -0.39 is 0 Å². The summed E-state index contributed by atoms with van der Waals surface area (Å²) in [5.41, 5.74) is 1.08. The van der Waals surface area contributed by atoms with Crippen molar-refractivity contribution in [1.29, 1.82) is 0 Å². The second kappa shape index (κ2) is 5.78. The lowest BCUT2D eigenvalue weighted by Crippen LogP contribution is -2.36. The van der Waals surface area contributed by atoms with Gasteiger partial charge in [0.2, 0.25) is 0 Å². The highest BCUT2D eigenvalue weighted by atomic mass is 16.3. The summed E-state index contributed by atoms with van der Waals surface area (Å²) in [7, 11) is 0. The van der Waals surface area contributed by atoms with Crippen molar-refractivity contribution in [2.45, 2.75) is 39.5 Å². The van der Waals surface area contributed by atoms with E-state index in [1.807, 2.05) is 12.4 Å². The van der Waals surface area contributed by atoms with Gasteiger partial charge < -0.3 is 5.11 Å². The Morgan fingerprint density at radius 1 is 1.27 bits per heavy atom. The van der Waals surface area contributed by atoms with Gasteiger partial charge in [-0.1, -0.05) is 0 Å². The van der Waals surface area contributed by atoms with E-state index in [-0.39, 0.29) is 6.10 Å². The summed E-state index contributed by atoms with van der Waals surface area (Å²) in [5.74, 6) is 0. The Bertz CT molecular complexity index is 274. The van der Waals surface area contributed by atoms with Crippen molar-refractivity contribution in [2.24, 2.45) is 0 Å². The van der Waals surface area contributed by atoms with Gasteiger partial charge in [0.15, 0.2) is 0 Å². The molecular formula is C11H19N3O. The number of hydrogen-bond acceptors (Lipinski definition) is 4. The van der Waals surface area contributed by atoms with Crippen molar-refractivity contribution in [3.63, 3.8) is 0 Å². The summed E-state index contributed by atoms with van der Waals surface area (Å²) < 4.78 is 0. The molecule has 1 unspecified atom stereocenters. The van der Waals surface area contributed by atoms with Crippen LogP contribution in [0.4, 0.5) is 0 Å². The van der Waals surface area contributed by atoms with Gasteiger partial charge in [0.1, 0.15) is 6.33 Å². The molecule has 15 heavy (non-hydrogen) atoms. The van der Waals surface area contributed by atoms with E-state index in [0.29, 0.717) is 12.6 Å². The molecule has 1 N–H and O–H groups in total. The second-order valence-electron chi connectivity index (χ2n) is 4.12. The smallest absolute Gasteiger partial charge is 0.115 e. The summed E-state index contributed by atoms with van der Waals surface area (Å²) in [6.45, 7) is 7.49. The first-order valence-corrected chi connectivity index (χ1v) is 5.25. The topological polar surface area (TPSA) is 49.2 Å². The summed E-state index contributed by atoms with van der Waals surface area (Å²) in [6.07, 6.45) is 4.84. The Hall–Kier alpha value is -1.00. The van der Waals surface area contributed by atoms with E-state index >= 15 is 0 Å². The lowest BCUT2D eigenvalue weighted by Gasteiger charge is -2.27. The minimum atomic E-state index is -0.308. The van der Waals surface area contributed by atoms with E-state index in [0.717, 1.165) is 12.1 Å². The first kappa shape index (κ1) is 12.1. The first-order valence-electron chi connectivity index (χ1n) is 5.25. The number of hydrogen-bond donors (Lipinski definition) is 1. The van der Waals surface area contributed by atoms with E-state index in [1.54, 1.807) is 6.92 Å². The van der Waals surface area contributed by atoms with Crippen LogP contribution in [0.2, 0.25) is 0 Å². The molecule has 0 saturated carbocycles. The maximum Gasteiger partial charge on any atom is 0.115 e. The average molecular weight is 209 g/mol. The Morgan fingerprint density at radius 3 is 2.33 bits per heavy atom. The number of rotatable bonds is 5. The molecule has 4 heteroatoms. The van der Waals surface area contributed by atoms with Crippen LogP contribution in [0.15, 0.2) is 18.7 Å². The molecule has 0 bridgehead atoms. The summed E-state index contributed by atoms with van der Waals surface area (Å²) in [5, 5.41) is 9.38. The summed E-state index contributed by atoms with van der Waals surface area (Å²) >= 11 is 0. The molecule has 0 saturated heterocycles. The van der Waals surface area contributed by atoms with Gasteiger partial charge in [0, 0.05) is 37.1 Å². The minimum Gasteiger partial charge on any atom is -0.392 e.